The summed E-state index contributed by atoms with van der Waals surface area (Å²) in [5.41, 5.74) is 1.28. The van der Waals surface area contributed by atoms with Gasteiger partial charge in [-0.2, -0.15) is 0 Å². The summed E-state index contributed by atoms with van der Waals surface area (Å²) in [6.45, 7) is 4.04. The molecule has 0 saturated carbocycles. The summed E-state index contributed by atoms with van der Waals surface area (Å²) in [6, 6.07) is 11.5. The molecule has 28 heavy (non-hydrogen) atoms. The summed E-state index contributed by atoms with van der Waals surface area (Å²) in [6.07, 6.45) is 2.45. The van der Waals surface area contributed by atoms with E-state index >= 15 is 0 Å². The van der Waals surface area contributed by atoms with E-state index in [-0.39, 0.29) is 29.9 Å². The number of ether oxygens (including phenoxy) is 1. The molecule has 0 bridgehead atoms. The molecule has 0 saturated heterocycles. The van der Waals surface area contributed by atoms with Crippen molar-refractivity contribution in [3.05, 3.63) is 54.0 Å². The van der Waals surface area contributed by atoms with Crippen LogP contribution in [0, 0.1) is 0 Å². The van der Waals surface area contributed by atoms with Gasteiger partial charge in [0.15, 0.2) is 11.7 Å². The topological polar surface area (TPSA) is 87.9 Å². The average molecular weight is 500 g/mol. The van der Waals surface area contributed by atoms with Crippen molar-refractivity contribution in [3.8, 4) is 5.75 Å². The second-order valence-electron chi connectivity index (χ2n) is 6.12. The van der Waals surface area contributed by atoms with Crippen LogP contribution in [-0.4, -0.2) is 45.7 Å². The lowest BCUT2D eigenvalue weighted by molar-refractivity contribution is 0.0926. The van der Waals surface area contributed by atoms with Gasteiger partial charge in [-0.3, -0.25) is 9.79 Å². The molecule has 3 N–H and O–H groups in total. The Balaban J connectivity index is 0.00000392. The van der Waals surface area contributed by atoms with Gasteiger partial charge in [0.25, 0.3) is 5.91 Å². The van der Waals surface area contributed by atoms with E-state index in [0.29, 0.717) is 30.7 Å². The number of amides is 1. The monoisotopic (exact) mass is 500 g/mol. The van der Waals surface area contributed by atoms with Gasteiger partial charge in [0.05, 0.1) is 13.4 Å². The Bertz CT molecular complexity index is 718. The molecule has 1 aromatic carbocycles. The third-order valence-electron chi connectivity index (χ3n) is 4.23. The Hall–Kier alpha value is -2.23. The van der Waals surface area contributed by atoms with Gasteiger partial charge in [0.2, 0.25) is 0 Å². The van der Waals surface area contributed by atoms with Crippen LogP contribution in [0.4, 0.5) is 0 Å². The molecular formula is C20H29IN4O3. The third kappa shape index (κ3) is 7.79. The van der Waals surface area contributed by atoms with Crippen LogP contribution >= 0.6 is 24.0 Å². The summed E-state index contributed by atoms with van der Waals surface area (Å²) in [5.74, 6) is 2.09. The van der Waals surface area contributed by atoms with Gasteiger partial charge in [-0.25, -0.2) is 0 Å². The molecule has 154 valence electrons. The molecule has 0 spiro atoms. The Kier molecular flexibility index (Phi) is 11.1. The number of furan rings is 1. The average Bonchev–Trinajstić information content (AvgIpc) is 3.24. The van der Waals surface area contributed by atoms with Crippen molar-refractivity contribution in [1.82, 2.24) is 16.0 Å². The van der Waals surface area contributed by atoms with Gasteiger partial charge in [-0.15, -0.1) is 24.0 Å². The zero-order valence-corrected chi connectivity index (χ0v) is 18.9. The summed E-state index contributed by atoms with van der Waals surface area (Å²) >= 11 is 0. The first kappa shape index (κ1) is 23.8. The predicted molar refractivity (Wildman–Crippen MR) is 122 cm³/mol. The van der Waals surface area contributed by atoms with Gasteiger partial charge in [0.1, 0.15) is 5.75 Å². The molecule has 8 heteroatoms. The molecule has 1 amide bonds. The van der Waals surface area contributed by atoms with E-state index in [0.717, 1.165) is 18.7 Å². The summed E-state index contributed by atoms with van der Waals surface area (Å²) in [5, 5.41) is 9.25. The lowest BCUT2D eigenvalue weighted by Crippen LogP contribution is -2.42. The Morgan fingerprint density at radius 1 is 1.11 bits per heavy atom. The zero-order chi connectivity index (χ0) is 19.5. The van der Waals surface area contributed by atoms with Crippen LogP contribution in [-0.2, 0) is 0 Å². The van der Waals surface area contributed by atoms with Crippen LogP contribution in [0.25, 0.3) is 0 Å². The number of methoxy groups -OCH3 is 1. The van der Waals surface area contributed by atoms with E-state index in [1.54, 1.807) is 26.3 Å². The number of halogens is 1. The number of benzene rings is 1. The minimum Gasteiger partial charge on any atom is -0.497 e. The molecule has 1 atom stereocenters. The van der Waals surface area contributed by atoms with Crippen LogP contribution in [0.1, 0.15) is 35.4 Å². The molecule has 0 aliphatic heterocycles. The van der Waals surface area contributed by atoms with Crippen LogP contribution in [0.15, 0.2) is 52.1 Å². The number of hydrogen-bond acceptors (Lipinski definition) is 4. The standard InChI is InChI=1S/C20H28N4O3.HI/c1-15(16-6-8-17(26-3)9-7-16)10-11-23-20(21-2)24-13-12-22-19(25)18-5-4-14-27-18;/h4-9,14-15H,10-13H2,1-3H3,(H,22,25)(H2,21,23,24);1H. The Morgan fingerprint density at radius 2 is 1.79 bits per heavy atom. The molecular weight excluding hydrogens is 471 g/mol. The van der Waals surface area contributed by atoms with Crippen molar-refractivity contribution in [1.29, 1.82) is 0 Å². The van der Waals surface area contributed by atoms with Crippen molar-refractivity contribution in [2.75, 3.05) is 33.8 Å². The van der Waals surface area contributed by atoms with Crippen LogP contribution in [0.3, 0.4) is 0 Å². The third-order valence-corrected chi connectivity index (χ3v) is 4.23. The van der Waals surface area contributed by atoms with Crippen LogP contribution < -0.4 is 20.7 Å². The Morgan fingerprint density at radius 3 is 2.39 bits per heavy atom. The maximum atomic E-state index is 11.8. The largest absolute Gasteiger partial charge is 0.497 e. The first-order valence-corrected chi connectivity index (χ1v) is 9.04. The molecule has 0 radical (unpaired) electrons. The molecule has 0 aliphatic carbocycles. The fraction of sp³-hybridized carbons (Fsp3) is 0.400. The van der Waals surface area contributed by atoms with Crippen molar-refractivity contribution in [2.45, 2.75) is 19.3 Å². The number of rotatable bonds is 9. The second kappa shape index (κ2) is 13.0. The van der Waals surface area contributed by atoms with Crippen molar-refractivity contribution < 1.29 is 13.9 Å². The smallest absolute Gasteiger partial charge is 0.287 e. The maximum Gasteiger partial charge on any atom is 0.287 e. The molecule has 1 unspecified atom stereocenters. The van der Waals surface area contributed by atoms with Gasteiger partial charge in [0, 0.05) is 26.7 Å². The first-order valence-electron chi connectivity index (χ1n) is 9.04. The van der Waals surface area contributed by atoms with Gasteiger partial charge in [-0.1, -0.05) is 19.1 Å². The number of nitrogens with one attached hydrogen (secondary N) is 3. The van der Waals surface area contributed by atoms with Gasteiger partial charge in [-0.05, 0) is 42.2 Å². The highest BCUT2D eigenvalue weighted by Gasteiger charge is 2.08. The van der Waals surface area contributed by atoms with Gasteiger partial charge >= 0.3 is 0 Å². The number of aliphatic imine (C=N–C) groups is 1. The first-order chi connectivity index (χ1) is 13.1. The highest BCUT2D eigenvalue weighted by Crippen LogP contribution is 2.21. The summed E-state index contributed by atoms with van der Waals surface area (Å²) in [7, 11) is 3.40. The minimum absolute atomic E-state index is 0. The van der Waals surface area contributed by atoms with E-state index in [1.807, 2.05) is 12.1 Å². The zero-order valence-electron chi connectivity index (χ0n) is 16.5. The van der Waals surface area contributed by atoms with Gasteiger partial charge < -0.3 is 25.1 Å². The number of guanidine groups is 1. The van der Waals surface area contributed by atoms with Crippen LogP contribution in [0.5, 0.6) is 5.75 Å². The fourth-order valence-corrected chi connectivity index (χ4v) is 2.58. The highest BCUT2D eigenvalue weighted by molar-refractivity contribution is 14.0. The molecule has 2 aromatic rings. The molecule has 0 fully saturated rings. The molecule has 2 rings (SSSR count). The predicted octanol–water partition coefficient (Wildman–Crippen LogP) is 2.99. The fourth-order valence-electron chi connectivity index (χ4n) is 2.58. The van der Waals surface area contributed by atoms with Crippen molar-refractivity contribution >= 4 is 35.8 Å². The molecule has 1 heterocycles. The Labute approximate surface area is 183 Å². The lowest BCUT2D eigenvalue weighted by atomic mass is 9.98. The van der Waals surface area contributed by atoms with Crippen molar-refractivity contribution in [2.24, 2.45) is 4.99 Å². The van der Waals surface area contributed by atoms with E-state index in [1.165, 1.54) is 11.8 Å². The van der Waals surface area contributed by atoms with E-state index in [2.05, 4.69) is 40.0 Å². The number of hydrogen-bond donors (Lipinski definition) is 3. The molecule has 0 aliphatic rings. The minimum atomic E-state index is -0.224. The number of nitrogens with zero attached hydrogens (tertiary/aromatic N) is 1. The normalized spacial score (nSPS) is 11.9. The van der Waals surface area contributed by atoms with Crippen LogP contribution in [0.2, 0.25) is 0 Å². The van der Waals surface area contributed by atoms with Crippen molar-refractivity contribution in [3.63, 3.8) is 0 Å². The second-order valence-corrected chi connectivity index (χ2v) is 6.12. The summed E-state index contributed by atoms with van der Waals surface area (Å²) in [4.78, 5) is 15.9. The molecule has 7 nitrogen and oxygen atoms in total. The summed E-state index contributed by atoms with van der Waals surface area (Å²) < 4.78 is 10.2. The maximum absolute atomic E-state index is 11.8. The number of carbonyl (C=O) groups is 1. The molecule has 1 aromatic heterocycles. The van der Waals surface area contributed by atoms with E-state index in [4.69, 9.17) is 9.15 Å². The quantitative estimate of drug-likeness (QED) is 0.213. The SMILES string of the molecule is CN=C(NCCNC(=O)c1ccco1)NCCC(C)c1ccc(OC)cc1.I. The van der Waals surface area contributed by atoms with E-state index in [9.17, 15) is 4.79 Å². The highest BCUT2D eigenvalue weighted by atomic mass is 127. The lowest BCUT2D eigenvalue weighted by Gasteiger charge is -2.15. The van der Waals surface area contributed by atoms with E-state index < -0.39 is 0 Å². The number of carbonyl (C=O) groups excluding carboxylic acids is 1.